The molecule has 0 spiro atoms. The number of hydrogen-bond donors (Lipinski definition) is 0. The Morgan fingerprint density at radius 1 is 1.19 bits per heavy atom. The van der Waals surface area contributed by atoms with Crippen molar-refractivity contribution in [1.82, 2.24) is 9.97 Å². The molecule has 140 valence electrons. The molecule has 3 heterocycles. The van der Waals surface area contributed by atoms with Gasteiger partial charge in [0.05, 0.1) is 12.0 Å². The van der Waals surface area contributed by atoms with Gasteiger partial charge in [0.25, 0.3) is 0 Å². The molecule has 5 nitrogen and oxygen atoms in total. The lowest BCUT2D eigenvalue weighted by Gasteiger charge is -2.18. The number of aryl methyl sites for hydroxylation is 1. The average Bonchev–Trinajstić information content (AvgIpc) is 3.31. The monoisotopic (exact) mass is 381 g/mol. The third-order valence-corrected chi connectivity index (χ3v) is 6.05. The van der Waals surface area contributed by atoms with Gasteiger partial charge in [0.2, 0.25) is 0 Å². The fourth-order valence-electron chi connectivity index (χ4n) is 3.57. The highest BCUT2D eigenvalue weighted by Gasteiger charge is 2.25. The highest BCUT2D eigenvalue weighted by molar-refractivity contribution is 7.20. The number of thiophene rings is 1. The number of benzene rings is 1. The van der Waals surface area contributed by atoms with Crippen molar-refractivity contribution in [2.75, 3.05) is 24.6 Å². The van der Waals surface area contributed by atoms with Crippen molar-refractivity contribution >= 4 is 33.3 Å². The van der Waals surface area contributed by atoms with Gasteiger partial charge < -0.3 is 9.64 Å². The van der Waals surface area contributed by atoms with E-state index in [0.29, 0.717) is 17.9 Å². The molecule has 0 saturated carbocycles. The van der Waals surface area contributed by atoms with Crippen molar-refractivity contribution in [2.24, 2.45) is 0 Å². The van der Waals surface area contributed by atoms with Crippen LogP contribution in [0, 0.1) is 6.92 Å². The maximum absolute atomic E-state index is 12.4. The van der Waals surface area contributed by atoms with E-state index in [9.17, 15) is 4.79 Å². The summed E-state index contributed by atoms with van der Waals surface area (Å²) in [5, 5.41) is 1.00. The fraction of sp³-hybridized carbons (Fsp3) is 0.381. The van der Waals surface area contributed by atoms with Gasteiger partial charge in [0.15, 0.2) is 0 Å². The van der Waals surface area contributed by atoms with E-state index >= 15 is 0 Å². The molecule has 0 bridgehead atoms. The first-order valence-electron chi connectivity index (χ1n) is 9.43. The molecule has 1 aromatic carbocycles. The Morgan fingerprint density at radius 2 is 1.93 bits per heavy atom. The van der Waals surface area contributed by atoms with Crippen LogP contribution in [0.15, 0.2) is 30.3 Å². The number of ether oxygens (including phenoxy) is 1. The minimum atomic E-state index is -0.269. The number of rotatable bonds is 5. The predicted molar refractivity (Wildman–Crippen MR) is 109 cm³/mol. The van der Waals surface area contributed by atoms with Gasteiger partial charge >= 0.3 is 5.97 Å². The zero-order valence-electron chi connectivity index (χ0n) is 15.7. The Bertz CT molecular complexity index is 962. The number of fused-ring (bicyclic) bond motifs is 1. The maximum atomic E-state index is 12.4. The molecular weight excluding hydrogens is 358 g/mol. The number of nitrogens with zero attached hydrogens (tertiary/aromatic N) is 3. The first-order chi connectivity index (χ1) is 13.2. The van der Waals surface area contributed by atoms with E-state index in [4.69, 9.17) is 14.7 Å². The van der Waals surface area contributed by atoms with Crippen molar-refractivity contribution in [3.05, 3.63) is 52.2 Å². The fourth-order valence-corrected chi connectivity index (χ4v) is 4.66. The number of esters is 1. The Balaban J connectivity index is 1.83. The smallest absolute Gasteiger partial charge is 0.348 e. The van der Waals surface area contributed by atoms with Crippen LogP contribution in [0.1, 0.15) is 46.4 Å². The van der Waals surface area contributed by atoms with Crippen LogP contribution in [-0.2, 0) is 11.2 Å². The molecular formula is C21H23N3O2S. The van der Waals surface area contributed by atoms with E-state index in [1.54, 1.807) is 0 Å². The Hall–Kier alpha value is -2.47. The highest BCUT2D eigenvalue weighted by atomic mass is 32.1. The van der Waals surface area contributed by atoms with E-state index in [0.717, 1.165) is 40.5 Å². The van der Waals surface area contributed by atoms with Gasteiger partial charge in [-0.2, -0.15) is 0 Å². The topological polar surface area (TPSA) is 55.3 Å². The Kier molecular flexibility index (Phi) is 5.07. The minimum Gasteiger partial charge on any atom is -0.462 e. The lowest BCUT2D eigenvalue weighted by atomic mass is 10.1. The Morgan fingerprint density at radius 3 is 2.63 bits per heavy atom. The molecule has 1 aliphatic heterocycles. The predicted octanol–water partition coefficient (Wildman–Crippen LogP) is 4.37. The SMILES string of the molecule is CCOC(=O)c1sc2nc(Cc3ccccc3)nc(N3CCCC3)c2c1C. The van der Waals surface area contributed by atoms with Crippen LogP contribution < -0.4 is 4.90 Å². The van der Waals surface area contributed by atoms with Crippen molar-refractivity contribution in [1.29, 1.82) is 0 Å². The van der Waals surface area contributed by atoms with E-state index < -0.39 is 0 Å². The third-order valence-electron chi connectivity index (χ3n) is 4.89. The molecule has 0 unspecified atom stereocenters. The molecule has 6 heteroatoms. The number of carbonyl (C=O) groups is 1. The minimum absolute atomic E-state index is 0.269. The molecule has 0 atom stereocenters. The summed E-state index contributed by atoms with van der Waals surface area (Å²) >= 11 is 1.42. The second-order valence-corrected chi connectivity index (χ2v) is 7.78. The number of hydrogen-bond acceptors (Lipinski definition) is 6. The number of anilines is 1. The molecule has 4 rings (SSSR count). The van der Waals surface area contributed by atoms with Crippen LogP contribution in [0.5, 0.6) is 0 Å². The first kappa shape index (κ1) is 17.9. The summed E-state index contributed by atoms with van der Waals surface area (Å²) in [7, 11) is 0. The summed E-state index contributed by atoms with van der Waals surface area (Å²) in [4.78, 5) is 25.9. The molecule has 0 amide bonds. The van der Waals surface area contributed by atoms with Gasteiger partial charge in [0, 0.05) is 19.5 Å². The van der Waals surface area contributed by atoms with Gasteiger partial charge in [-0.15, -0.1) is 11.3 Å². The quantitative estimate of drug-likeness (QED) is 0.614. The summed E-state index contributed by atoms with van der Waals surface area (Å²) in [6.07, 6.45) is 3.03. The van der Waals surface area contributed by atoms with E-state index in [2.05, 4.69) is 17.0 Å². The second-order valence-electron chi connectivity index (χ2n) is 6.78. The normalized spacial score (nSPS) is 14.1. The van der Waals surface area contributed by atoms with Crippen LogP contribution in [-0.4, -0.2) is 35.6 Å². The van der Waals surface area contributed by atoms with Crippen molar-refractivity contribution < 1.29 is 9.53 Å². The van der Waals surface area contributed by atoms with Crippen LogP contribution >= 0.6 is 11.3 Å². The summed E-state index contributed by atoms with van der Waals surface area (Å²) in [6, 6.07) is 10.3. The van der Waals surface area contributed by atoms with E-state index in [-0.39, 0.29) is 5.97 Å². The zero-order chi connectivity index (χ0) is 18.8. The van der Waals surface area contributed by atoms with Gasteiger partial charge in [0.1, 0.15) is 21.3 Å². The molecule has 27 heavy (non-hydrogen) atoms. The summed E-state index contributed by atoms with van der Waals surface area (Å²) in [5.74, 6) is 1.50. The summed E-state index contributed by atoms with van der Waals surface area (Å²) < 4.78 is 5.24. The largest absolute Gasteiger partial charge is 0.462 e. The average molecular weight is 382 g/mol. The molecule has 3 aromatic rings. The molecule has 1 fully saturated rings. The summed E-state index contributed by atoms with van der Waals surface area (Å²) in [6.45, 7) is 6.18. The Labute approximate surface area is 163 Å². The van der Waals surface area contributed by atoms with Crippen molar-refractivity contribution in [2.45, 2.75) is 33.1 Å². The highest BCUT2D eigenvalue weighted by Crippen LogP contribution is 2.37. The molecule has 1 aliphatic rings. The van der Waals surface area contributed by atoms with Crippen molar-refractivity contribution in [3.63, 3.8) is 0 Å². The zero-order valence-corrected chi connectivity index (χ0v) is 16.5. The van der Waals surface area contributed by atoms with E-state index in [1.165, 1.54) is 29.7 Å². The lowest BCUT2D eigenvalue weighted by Crippen LogP contribution is -2.20. The molecule has 0 aliphatic carbocycles. The molecule has 2 aromatic heterocycles. The van der Waals surface area contributed by atoms with Crippen LogP contribution in [0.25, 0.3) is 10.2 Å². The van der Waals surface area contributed by atoms with Crippen LogP contribution in [0.2, 0.25) is 0 Å². The van der Waals surface area contributed by atoms with Gasteiger partial charge in [-0.1, -0.05) is 30.3 Å². The van der Waals surface area contributed by atoms with Gasteiger partial charge in [-0.3, -0.25) is 0 Å². The standard InChI is InChI=1S/C21H23N3O2S/c1-3-26-21(25)18-14(2)17-19(24-11-7-8-12-24)22-16(23-20(17)27-18)13-15-9-5-4-6-10-15/h4-6,9-10H,3,7-8,11-13H2,1-2H3. The lowest BCUT2D eigenvalue weighted by molar-refractivity contribution is 0.0531. The van der Waals surface area contributed by atoms with Crippen LogP contribution in [0.4, 0.5) is 5.82 Å². The van der Waals surface area contributed by atoms with Crippen molar-refractivity contribution in [3.8, 4) is 0 Å². The summed E-state index contributed by atoms with van der Waals surface area (Å²) in [5.41, 5.74) is 2.12. The molecule has 0 radical (unpaired) electrons. The number of aromatic nitrogens is 2. The molecule has 0 N–H and O–H groups in total. The molecule has 1 saturated heterocycles. The van der Waals surface area contributed by atoms with E-state index in [1.807, 2.05) is 32.0 Å². The second kappa shape index (κ2) is 7.64. The van der Waals surface area contributed by atoms with Gasteiger partial charge in [-0.25, -0.2) is 14.8 Å². The number of carbonyl (C=O) groups excluding carboxylic acids is 1. The van der Waals surface area contributed by atoms with Crippen LogP contribution in [0.3, 0.4) is 0 Å². The van der Waals surface area contributed by atoms with Gasteiger partial charge in [-0.05, 0) is 37.8 Å². The first-order valence-corrected chi connectivity index (χ1v) is 10.2. The third kappa shape index (κ3) is 3.54. The maximum Gasteiger partial charge on any atom is 0.348 e.